The van der Waals surface area contributed by atoms with E-state index in [4.69, 9.17) is 0 Å². The maximum atomic E-state index is 3.68. The summed E-state index contributed by atoms with van der Waals surface area (Å²) in [5, 5.41) is 3.68. The maximum Gasteiger partial charge on any atom is 0.0237 e. The lowest BCUT2D eigenvalue weighted by molar-refractivity contribution is 0.208. The molecule has 1 aliphatic heterocycles. The van der Waals surface area contributed by atoms with Crippen molar-refractivity contribution in [2.24, 2.45) is 0 Å². The van der Waals surface area contributed by atoms with Gasteiger partial charge in [0.1, 0.15) is 0 Å². The van der Waals surface area contributed by atoms with Crippen LogP contribution in [-0.2, 0) is 6.54 Å². The van der Waals surface area contributed by atoms with Crippen molar-refractivity contribution in [3.63, 3.8) is 0 Å². The summed E-state index contributed by atoms with van der Waals surface area (Å²) in [6.07, 6.45) is 6.93. The Kier molecular flexibility index (Phi) is 3.96. The predicted octanol–water partition coefficient (Wildman–Crippen LogP) is 2.79. The largest absolute Gasteiger partial charge is 0.313 e. The van der Waals surface area contributed by atoms with Gasteiger partial charge in [-0.15, -0.1) is 0 Å². The molecule has 1 aliphatic carbocycles. The number of benzene rings is 1. The van der Waals surface area contributed by atoms with Gasteiger partial charge < -0.3 is 5.32 Å². The highest BCUT2D eigenvalue weighted by Crippen LogP contribution is 2.29. The van der Waals surface area contributed by atoms with Crippen LogP contribution >= 0.6 is 0 Å². The third kappa shape index (κ3) is 3.33. The molecule has 1 heterocycles. The summed E-state index contributed by atoms with van der Waals surface area (Å²) < 4.78 is 0. The molecule has 1 aromatic rings. The second kappa shape index (κ2) is 5.85. The normalized spacial score (nSPS) is 24.4. The summed E-state index contributed by atoms with van der Waals surface area (Å²) >= 11 is 0. The lowest BCUT2D eigenvalue weighted by Gasteiger charge is -2.30. The van der Waals surface area contributed by atoms with E-state index in [2.05, 4.69) is 40.5 Å². The summed E-state index contributed by atoms with van der Waals surface area (Å²) in [6.45, 7) is 3.58. The van der Waals surface area contributed by atoms with Crippen LogP contribution in [-0.4, -0.2) is 30.1 Å². The lowest BCUT2D eigenvalue weighted by atomic mass is 10.0. The van der Waals surface area contributed by atoms with Crippen LogP contribution in [0.2, 0.25) is 0 Å². The van der Waals surface area contributed by atoms with Gasteiger partial charge in [0.25, 0.3) is 0 Å². The van der Waals surface area contributed by atoms with Gasteiger partial charge in [-0.1, -0.05) is 36.8 Å². The van der Waals surface area contributed by atoms with E-state index < -0.39 is 0 Å². The number of piperidine rings is 1. The molecular weight excluding hydrogens is 220 g/mol. The molecule has 2 heteroatoms. The summed E-state index contributed by atoms with van der Waals surface area (Å²) in [5.41, 5.74) is 1.46. The number of hydrogen-bond donors (Lipinski definition) is 1. The third-order valence-electron chi connectivity index (χ3n) is 4.16. The van der Waals surface area contributed by atoms with E-state index in [9.17, 15) is 0 Å². The number of nitrogens with zero attached hydrogens (tertiary/aromatic N) is 1. The highest BCUT2D eigenvalue weighted by atomic mass is 15.2. The van der Waals surface area contributed by atoms with Gasteiger partial charge in [-0.05, 0) is 37.8 Å². The van der Waals surface area contributed by atoms with Crippen LogP contribution in [0.5, 0.6) is 0 Å². The Morgan fingerprint density at radius 3 is 2.56 bits per heavy atom. The lowest BCUT2D eigenvalue weighted by Crippen LogP contribution is -2.44. The Hall–Kier alpha value is -0.860. The maximum absolute atomic E-state index is 3.68. The van der Waals surface area contributed by atoms with Crippen molar-refractivity contribution in [1.82, 2.24) is 10.2 Å². The fraction of sp³-hybridized carbons (Fsp3) is 0.625. The molecule has 1 N–H and O–H groups in total. The minimum Gasteiger partial charge on any atom is -0.313 e. The van der Waals surface area contributed by atoms with Gasteiger partial charge in [0.2, 0.25) is 0 Å². The van der Waals surface area contributed by atoms with Crippen LogP contribution in [0.4, 0.5) is 0 Å². The van der Waals surface area contributed by atoms with Crippen molar-refractivity contribution in [2.45, 2.75) is 50.7 Å². The standard InChI is InChI=1S/C16H24N2/c1-2-6-14(7-3-1)12-18(16-9-10-16)13-15-8-4-5-11-17-15/h1-3,6-7,15-17H,4-5,8-13H2/t15-/m1/s1. The molecule has 1 saturated carbocycles. The van der Waals surface area contributed by atoms with Crippen LogP contribution in [0, 0.1) is 0 Å². The van der Waals surface area contributed by atoms with Crippen LogP contribution in [0.25, 0.3) is 0 Å². The number of nitrogens with one attached hydrogen (secondary N) is 1. The molecule has 2 fully saturated rings. The molecule has 1 atom stereocenters. The molecular formula is C16H24N2. The van der Waals surface area contributed by atoms with Gasteiger partial charge in [0.05, 0.1) is 0 Å². The van der Waals surface area contributed by atoms with Crippen LogP contribution in [0.3, 0.4) is 0 Å². The Labute approximate surface area is 110 Å². The van der Waals surface area contributed by atoms with E-state index in [0.717, 1.165) is 18.6 Å². The first-order valence-corrected chi connectivity index (χ1v) is 7.43. The first-order valence-electron chi connectivity index (χ1n) is 7.43. The molecule has 2 nitrogen and oxygen atoms in total. The Morgan fingerprint density at radius 2 is 1.89 bits per heavy atom. The van der Waals surface area contributed by atoms with E-state index in [1.165, 1.54) is 50.8 Å². The van der Waals surface area contributed by atoms with E-state index in [1.54, 1.807) is 0 Å². The Balaban J connectivity index is 1.58. The molecule has 0 aromatic heterocycles. The van der Waals surface area contributed by atoms with E-state index in [1.807, 2.05) is 0 Å². The van der Waals surface area contributed by atoms with E-state index >= 15 is 0 Å². The van der Waals surface area contributed by atoms with Gasteiger partial charge in [0, 0.05) is 25.2 Å². The molecule has 18 heavy (non-hydrogen) atoms. The highest BCUT2D eigenvalue weighted by molar-refractivity contribution is 5.15. The molecule has 1 aromatic carbocycles. The molecule has 0 spiro atoms. The van der Waals surface area contributed by atoms with Gasteiger partial charge >= 0.3 is 0 Å². The van der Waals surface area contributed by atoms with Gasteiger partial charge in [-0.25, -0.2) is 0 Å². The van der Waals surface area contributed by atoms with Crippen molar-refractivity contribution < 1.29 is 0 Å². The number of hydrogen-bond acceptors (Lipinski definition) is 2. The molecule has 2 aliphatic rings. The topological polar surface area (TPSA) is 15.3 Å². The zero-order chi connectivity index (χ0) is 12.2. The van der Waals surface area contributed by atoms with Gasteiger partial charge in [-0.2, -0.15) is 0 Å². The molecule has 98 valence electrons. The highest BCUT2D eigenvalue weighted by Gasteiger charge is 2.30. The summed E-state index contributed by atoms with van der Waals surface area (Å²) in [6, 6.07) is 12.5. The third-order valence-corrected chi connectivity index (χ3v) is 4.16. The zero-order valence-corrected chi connectivity index (χ0v) is 11.1. The second-order valence-corrected chi connectivity index (χ2v) is 5.79. The van der Waals surface area contributed by atoms with Crippen molar-refractivity contribution in [3.05, 3.63) is 35.9 Å². The van der Waals surface area contributed by atoms with Crippen molar-refractivity contribution in [2.75, 3.05) is 13.1 Å². The molecule has 0 amide bonds. The quantitative estimate of drug-likeness (QED) is 0.857. The molecule has 0 unspecified atom stereocenters. The minimum atomic E-state index is 0.725. The Bertz CT molecular complexity index is 353. The molecule has 1 saturated heterocycles. The van der Waals surface area contributed by atoms with Crippen molar-refractivity contribution in [1.29, 1.82) is 0 Å². The zero-order valence-electron chi connectivity index (χ0n) is 11.1. The predicted molar refractivity (Wildman–Crippen MR) is 75.5 cm³/mol. The molecule has 3 rings (SSSR count). The first-order chi connectivity index (χ1) is 8.92. The molecule has 0 bridgehead atoms. The smallest absolute Gasteiger partial charge is 0.0237 e. The second-order valence-electron chi connectivity index (χ2n) is 5.79. The average molecular weight is 244 g/mol. The monoisotopic (exact) mass is 244 g/mol. The fourth-order valence-electron chi connectivity index (χ4n) is 2.96. The van der Waals surface area contributed by atoms with Crippen LogP contribution < -0.4 is 5.32 Å². The van der Waals surface area contributed by atoms with E-state index in [0.29, 0.717) is 0 Å². The SMILES string of the molecule is c1ccc(CN(C[C@H]2CCCCN2)C2CC2)cc1. The van der Waals surface area contributed by atoms with Crippen molar-refractivity contribution in [3.8, 4) is 0 Å². The summed E-state index contributed by atoms with van der Waals surface area (Å²) in [4.78, 5) is 2.69. The number of rotatable bonds is 5. The fourth-order valence-corrected chi connectivity index (χ4v) is 2.96. The van der Waals surface area contributed by atoms with Crippen molar-refractivity contribution >= 4 is 0 Å². The molecule has 0 radical (unpaired) electrons. The first kappa shape index (κ1) is 12.2. The van der Waals surface area contributed by atoms with Crippen LogP contribution in [0.15, 0.2) is 30.3 Å². The van der Waals surface area contributed by atoms with Gasteiger partial charge in [0.15, 0.2) is 0 Å². The minimum absolute atomic E-state index is 0.725. The Morgan fingerprint density at radius 1 is 1.06 bits per heavy atom. The van der Waals surface area contributed by atoms with Gasteiger partial charge in [-0.3, -0.25) is 4.90 Å². The van der Waals surface area contributed by atoms with Crippen LogP contribution in [0.1, 0.15) is 37.7 Å². The van der Waals surface area contributed by atoms with E-state index in [-0.39, 0.29) is 0 Å². The average Bonchev–Trinajstić information content (AvgIpc) is 3.25. The summed E-state index contributed by atoms with van der Waals surface area (Å²) in [7, 11) is 0. The summed E-state index contributed by atoms with van der Waals surface area (Å²) in [5.74, 6) is 0.